The maximum Gasteiger partial charge on any atom is 0.315 e. The minimum Gasteiger partial charge on any atom is -0.494 e. The Hall–Kier alpha value is -3.74. The average molecular weight is 478 g/mol. The van der Waals surface area contributed by atoms with E-state index in [1.54, 1.807) is 14.2 Å². The van der Waals surface area contributed by atoms with E-state index in [-0.39, 0.29) is 11.7 Å². The summed E-state index contributed by atoms with van der Waals surface area (Å²) in [4.78, 5) is 26.6. The lowest BCUT2D eigenvalue weighted by Crippen LogP contribution is -2.42. The number of carbonyl (C=O) groups is 2. The fourth-order valence-electron chi connectivity index (χ4n) is 5.16. The predicted molar refractivity (Wildman–Crippen MR) is 132 cm³/mol. The van der Waals surface area contributed by atoms with Gasteiger partial charge in [0.15, 0.2) is 17.3 Å². The van der Waals surface area contributed by atoms with Crippen molar-refractivity contribution in [2.75, 3.05) is 27.9 Å². The molecule has 3 unspecified atom stereocenters. The highest BCUT2D eigenvalue weighted by molar-refractivity contribution is 6.01. The molecule has 7 heteroatoms. The molecule has 0 amide bonds. The number of para-hydroxylation sites is 1. The Kier molecular flexibility index (Phi) is 7.15. The van der Waals surface area contributed by atoms with Gasteiger partial charge in [0.1, 0.15) is 11.7 Å². The van der Waals surface area contributed by atoms with E-state index >= 15 is 0 Å². The van der Waals surface area contributed by atoms with E-state index in [4.69, 9.17) is 18.9 Å². The van der Waals surface area contributed by atoms with Crippen LogP contribution in [0.1, 0.15) is 42.7 Å². The van der Waals surface area contributed by atoms with Gasteiger partial charge in [-0.2, -0.15) is 0 Å². The first-order valence-electron chi connectivity index (χ1n) is 11.7. The third-order valence-corrected chi connectivity index (χ3v) is 6.73. The topological polar surface area (TPSA) is 83.1 Å². The van der Waals surface area contributed by atoms with Crippen LogP contribution in [0.3, 0.4) is 0 Å². The summed E-state index contributed by atoms with van der Waals surface area (Å²) in [7, 11) is 4.53. The first-order chi connectivity index (χ1) is 16.9. The molecule has 35 heavy (non-hydrogen) atoms. The van der Waals surface area contributed by atoms with Gasteiger partial charge in [0, 0.05) is 34.9 Å². The quantitative estimate of drug-likeness (QED) is 0.588. The lowest BCUT2D eigenvalue weighted by atomic mass is 9.69. The van der Waals surface area contributed by atoms with Gasteiger partial charge in [-0.05, 0) is 43.0 Å². The van der Waals surface area contributed by atoms with Crippen LogP contribution < -0.4 is 19.5 Å². The lowest BCUT2D eigenvalue weighted by molar-refractivity contribution is -0.144. The van der Waals surface area contributed by atoms with Crippen LogP contribution in [0.25, 0.3) is 0 Å². The molecule has 2 aliphatic rings. The van der Waals surface area contributed by atoms with Crippen molar-refractivity contribution in [3.05, 3.63) is 77.1 Å². The van der Waals surface area contributed by atoms with E-state index in [1.807, 2.05) is 49.4 Å². The molecule has 0 aromatic heterocycles. The summed E-state index contributed by atoms with van der Waals surface area (Å²) >= 11 is 0. The third-order valence-electron chi connectivity index (χ3n) is 6.73. The van der Waals surface area contributed by atoms with Crippen molar-refractivity contribution in [1.82, 2.24) is 5.32 Å². The van der Waals surface area contributed by atoms with Gasteiger partial charge in [-0.3, -0.25) is 9.59 Å². The number of methoxy groups -OCH3 is 3. The molecule has 184 valence electrons. The van der Waals surface area contributed by atoms with E-state index in [2.05, 4.69) is 11.9 Å². The molecule has 0 radical (unpaired) electrons. The summed E-state index contributed by atoms with van der Waals surface area (Å²) < 4.78 is 21.8. The first kappa shape index (κ1) is 24.4. The fraction of sp³-hybridized carbons (Fsp3) is 0.357. The second kappa shape index (κ2) is 10.3. The molecule has 2 aromatic rings. The number of ether oxygens (including phenoxy) is 4. The highest BCUT2D eigenvalue weighted by atomic mass is 16.5. The van der Waals surface area contributed by atoms with Crippen molar-refractivity contribution in [1.29, 1.82) is 0 Å². The number of carbonyl (C=O) groups excluding carboxylic acids is 2. The zero-order chi connectivity index (χ0) is 25.1. The van der Waals surface area contributed by atoms with Gasteiger partial charge < -0.3 is 24.3 Å². The predicted octanol–water partition coefficient (Wildman–Crippen LogP) is 4.49. The van der Waals surface area contributed by atoms with E-state index in [1.165, 1.54) is 7.11 Å². The Morgan fingerprint density at radius 1 is 1.03 bits per heavy atom. The van der Waals surface area contributed by atoms with Gasteiger partial charge in [-0.25, -0.2) is 0 Å². The Balaban J connectivity index is 1.80. The molecular weight excluding hydrogens is 446 g/mol. The first-order valence-corrected chi connectivity index (χ1v) is 11.7. The number of allylic oxidation sites excluding steroid dienone is 2. The number of ketones is 1. The number of benzene rings is 2. The SMILES string of the molecule is C=C1NC2=C(C(=O)CC(c3ccc(OC)c(OC)c3)C2)C(c2ccccc2OCC)C1C(=O)OC. The number of Topliss-reactive ketones (excluding diaryl/α,β-unsaturated/α-hetero) is 1. The van der Waals surface area contributed by atoms with Gasteiger partial charge in [-0.1, -0.05) is 30.8 Å². The van der Waals surface area contributed by atoms with Crippen LogP contribution >= 0.6 is 0 Å². The summed E-state index contributed by atoms with van der Waals surface area (Å²) in [5.74, 6) is 0.0821. The third kappa shape index (κ3) is 4.50. The molecule has 0 spiro atoms. The summed E-state index contributed by atoms with van der Waals surface area (Å²) in [6.07, 6.45) is 0.903. The minimum atomic E-state index is -0.748. The standard InChI is InChI=1S/C28H31NO6/c1-6-35-22-10-8-7-9-19(22)26-25(28(31)34-5)16(2)29-20-13-18(14-21(30)27(20)26)17-11-12-23(32-3)24(15-17)33-4/h7-12,15,18,25-26,29H,2,6,13-14H2,1,3-5H3. The van der Waals surface area contributed by atoms with Crippen LogP contribution in [0.2, 0.25) is 0 Å². The molecule has 0 fully saturated rings. The number of esters is 1. The molecule has 1 aliphatic carbocycles. The Bertz CT molecular complexity index is 1180. The monoisotopic (exact) mass is 477 g/mol. The minimum absolute atomic E-state index is 0.0174. The van der Waals surface area contributed by atoms with E-state index in [0.29, 0.717) is 48.0 Å². The Morgan fingerprint density at radius 3 is 2.46 bits per heavy atom. The van der Waals surface area contributed by atoms with Gasteiger partial charge in [0.05, 0.1) is 27.9 Å². The second-order valence-corrected chi connectivity index (χ2v) is 8.63. The zero-order valence-corrected chi connectivity index (χ0v) is 20.6. The summed E-state index contributed by atoms with van der Waals surface area (Å²) in [5, 5.41) is 3.28. The van der Waals surface area contributed by atoms with Crippen LogP contribution in [0.4, 0.5) is 0 Å². The maximum absolute atomic E-state index is 13.7. The van der Waals surface area contributed by atoms with Crippen molar-refractivity contribution < 1.29 is 28.5 Å². The van der Waals surface area contributed by atoms with Gasteiger partial charge in [0.25, 0.3) is 0 Å². The smallest absolute Gasteiger partial charge is 0.315 e. The molecule has 7 nitrogen and oxygen atoms in total. The van der Waals surface area contributed by atoms with Crippen LogP contribution in [0.15, 0.2) is 66.0 Å². The molecule has 1 N–H and O–H groups in total. The van der Waals surface area contributed by atoms with E-state index < -0.39 is 17.8 Å². The molecule has 0 saturated carbocycles. The lowest BCUT2D eigenvalue weighted by Gasteiger charge is -2.40. The average Bonchev–Trinajstić information content (AvgIpc) is 2.87. The molecule has 0 saturated heterocycles. The van der Waals surface area contributed by atoms with E-state index in [0.717, 1.165) is 16.8 Å². The van der Waals surface area contributed by atoms with Crippen molar-refractivity contribution >= 4 is 11.8 Å². The van der Waals surface area contributed by atoms with Crippen molar-refractivity contribution in [3.8, 4) is 17.2 Å². The van der Waals surface area contributed by atoms with Gasteiger partial charge in [-0.15, -0.1) is 0 Å². The molecular formula is C28H31NO6. The summed E-state index contributed by atoms with van der Waals surface area (Å²) in [6.45, 7) is 6.51. The van der Waals surface area contributed by atoms with Crippen molar-refractivity contribution in [2.45, 2.75) is 31.6 Å². The molecule has 1 aliphatic heterocycles. The van der Waals surface area contributed by atoms with E-state index in [9.17, 15) is 9.59 Å². The van der Waals surface area contributed by atoms with Crippen LogP contribution in [-0.4, -0.2) is 39.7 Å². The number of nitrogens with one attached hydrogen (secondary N) is 1. The number of hydrogen-bond donors (Lipinski definition) is 1. The molecule has 2 aromatic carbocycles. The molecule has 1 heterocycles. The normalized spacial score (nSPS) is 21.7. The van der Waals surface area contributed by atoms with Crippen molar-refractivity contribution in [3.63, 3.8) is 0 Å². The Labute approximate surface area is 205 Å². The Morgan fingerprint density at radius 2 is 1.77 bits per heavy atom. The molecule has 0 bridgehead atoms. The van der Waals surface area contributed by atoms with Gasteiger partial charge >= 0.3 is 5.97 Å². The largest absolute Gasteiger partial charge is 0.494 e. The molecule has 4 rings (SSSR count). The van der Waals surface area contributed by atoms with Gasteiger partial charge in [0.2, 0.25) is 0 Å². The van der Waals surface area contributed by atoms with Crippen LogP contribution in [-0.2, 0) is 14.3 Å². The number of hydrogen-bond acceptors (Lipinski definition) is 7. The zero-order valence-electron chi connectivity index (χ0n) is 20.6. The maximum atomic E-state index is 13.7. The number of rotatable bonds is 7. The van der Waals surface area contributed by atoms with Crippen molar-refractivity contribution in [2.24, 2.45) is 5.92 Å². The highest BCUT2D eigenvalue weighted by Crippen LogP contribution is 2.49. The molecule has 3 atom stereocenters. The van der Waals surface area contributed by atoms with Crippen LogP contribution in [0.5, 0.6) is 17.2 Å². The summed E-state index contributed by atoms with van der Waals surface area (Å²) in [5.41, 5.74) is 3.64. The van der Waals surface area contributed by atoms with Crippen LogP contribution in [0, 0.1) is 5.92 Å². The fourth-order valence-corrected chi connectivity index (χ4v) is 5.16. The highest BCUT2D eigenvalue weighted by Gasteiger charge is 2.46. The second-order valence-electron chi connectivity index (χ2n) is 8.63. The summed E-state index contributed by atoms with van der Waals surface area (Å²) in [6, 6.07) is 13.3.